The molecule has 1 aromatic rings. The highest BCUT2D eigenvalue weighted by molar-refractivity contribution is 6.11. The summed E-state index contributed by atoms with van der Waals surface area (Å²) in [7, 11) is 0. The lowest BCUT2D eigenvalue weighted by atomic mass is 9.72. The van der Waals surface area contributed by atoms with E-state index in [0.29, 0.717) is 12.1 Å². The van der Waals surface area contributed by atoms with Crippen LogP contribution in [0.2, 0.25) is 0 Å². The third kappa shape index (κ3) is 3.11. The van der Waals surface area contributed by atoms with Crippen molar-refractivity contribution in [2.24, 2.45) is 0 Å². The maximum Gasteiger partial charge on any atom is 0.251 e. The lowest BCUT2D eigenvalue weighted by molar-refractivity contribution is -0.121. The van der Waals surface area contributed by atoms with E-state index in [1.807, 2.05) is 18.2 Å². The summed E-state index contributed by atoms with van der Waals surface area (Å²) in [6.45, 7) is 6.32. The van der Waals surface area contributed by atoms with Crippen LogP contribution < -0.4 is 16.0 Å². The molecule has 0 aliphatic carbocycles. The van der Waals surface area contributed by atoms with E-state index in [1.54, 1.807) is 0 Å². The molecular formula is C19H26N4O3. The van der Waals surface area contributed by atoms with Crippen molar-refractivity contribution >= 4 is 17.5 Å². The molecule has 1 spiro atoms. The first-order valence-corrected chi connectivity index (χ1v) is 9.45. The average molecular weight is 358 g/mol. The monoisotopic (exact) mass is 358 g/mol. The number of piperidine rings is 1. The Hall–Kier alpha value is -1.96. The van der Waals surface area contributed by atoms with Crippen LogP contribution in [0.4, 0.5) is 5.69 Å². The number of hydrogen-bond donors (Lipinski definition) is 3. The normalized spacial score (nSPS) is 22.1. The number of benzene rings is 1. The average Bonchev–Trinajstić information content (AvgIpc) is 2.94. The Morgan fingerprint density at radius 2 is 2.00 bits per heavy atom. The molecule has 3 N–H and O–H groups in total. The maximum atomic E-state index is 12.9. The zero-order valence-electron chi connectivity index (χ0n) is 15.0. The molecule has 3 aliphatic rings. The number of anilines is 1. The summed E-state index contributed by atoms with van der Waals surface area (Å²) in [6, 6.07) is 5.58. The minimum atomic E-state index is -0.571. The zero-order valence-corrected chi connectivity index (χ0v) is 15.0. The smallest absolute Gasteiger partial charge is 0.251 e. The van der Waals surface area contributed by atoms with Crippen molar-refractivity contribution in [1.82, 2.24) is 15.5 Å². The molecule has 140 valence electrons. The van der Waals surface area contributed by atoms with Gasteiger partial charge in [-0.1, -0.05) is 6.07 Å². The SMILES string of the molecule is O=C(NCCN1CCOCC1)c1cccc2c1C1(CCNCC1)C(=O)N2. The van der Waals surface area contributed by atoms with Crippen LogP contribution in [0, 0.1) is 0 Å². The van der Waals surface area contributed by atoms with Gasteiger partial charge in [-0.2, -0.15) is 0 Å². The van der Waals surface area contributed by atoms with Crippen LogP contribution in [0.3, 0.4) is 0 Å². The zero-order chi connectivity index (χ0) is 18.0. The van der Waals surface area contributed by atoms with E-state index in [9.17, 15) is 9.59 Å². The molecule has 26 heavy (non-hydrogen) atoms. The molecular weight excluding hydrogens is 332 g/mol. The third-order valence-corrected chi connectivity index (χ3v) is 5.74. The van der Waals surface area contributed by atoms with Crippen LogP contribution in [0.1, 0.15) is 28.8 Å². The molecule has 2 amide bonds. The van der Waals surface area contributed by atoms with Crippen molar-refractivity contribution in [2.45, 2.75) is 18.3 Å². The summed E-state index contributed by atoms with van der Waals surface area (Å²) in [4.78, 5) is 27.9. The summed E-state index contributed by atoms with van der Waals surface area (Å²) in [5.74, 6) is -0.0629. The van der Waals surface area contributed by atoms with Crippen LogP contribution in [-0.4, -0.2) is 69.2 Å². The molecule has 2 saturated heterocycles. The largest absolute Gasteiger partial charge is 0.379 e. The lowest BCUT2D eigenvalue weighted by Gasteiger charge is -2.33. The van der Waals surface area contributed by atoms with E-state index in [2.05, 4.69) is 20.9 Å². The predicted molar refractivity (Wildman–Crippen MR) is 98.4 cm³/mol. The number of morpholine rings is 1. The summed E-state index contributed by atoms with van der Waals surface area (Å²) < 4.78 is 5.35. The van der Waals surface area contributed by atoms with E-state index in [4.69, 9.17) is 4.74 Å². The minimum Gasteiger partial charge on any atom is -0.379 e. The van der Waals surface area contributed by atoms with Crippen LogP contribution in [0.25, 0.3) is 0 Å². The third-order valence-electron chi connectivity index (χ3n) is 5.74. The lowest BCUT2D eigenvalue weighted by Crippen LogP contribution is -2.45. The first-order valence-electron chi connectivity index (χ1n) is 9.45. The second-order valence-electron chi connectivity index (χ2n) is 7.22. The van der Waals surface area contributed by atoms with Crippen LogP contribution in [-0.2, 0) is 14.9 Å². The number of ether oxygens (including phenoxy) is 1. The van der Waals surface area contributed by atoms with Gasteiger partial charge in [-0.05, 0) is 38.1 Å². The summed E-state index contributed by atoms with van der Waals surface area (Å²) in [6.07, 6.45) is 1.45. The first kappa shape index (κ1) is 17.5. The van der Waals surface area contributed by atoms with Crippen molar-refractivity contribution in [2.75, 3.05) is 57.8 Å². The second-order valence-corrected chi connectivity index (χ2v) is 7.22. The number of amides is 2. The van der Waals surface area contributed by atoms with Gasteiger partial charge in [0.15, 0.2) is 0 Å². The van der Waals surface area contributed by atoms with Gasteiger partial charge in [0.25, 0.3) is 5.91 Å². The molecule has 2 fully saturated rings. The minimum absolute atomic E-state index is 0.0302. The number of fused-ring (bicyclic) bond motifs is 2. The Morgan fingerprint density at radius 1 is 1.23 bits per heavy atom. The Bertz CT molecular complexity index is 694. The van der Waals surface area contributed by atoms with Gasteiger partial charge in [-0.3, -0.25) is 14.5 Å². The molecule has 3 aliphatic heterocycles. The predicted octanol–water partition coefficient (Wildman–Crippen LogP) is 0.322. The highest BCUT2D eigenvalue weighted by atomic mass is 16.5. The Kier molecular flexibility index (Phi) is 4.93. The molecule has 7 nitrogen and oxygen atoms in total. The fourth-order valence-corrected chi connectivity index (χ4v) is 4.29. The fourth-order valence-electron chi connectivity index (χ4n) is 4.29. The molecule has 1 aromatic carbocycles. The Balaban J connectivity index is 1.50. The number of nitrogens with one attached hydrogen (secondary N) is 3. The maximum absolute atomic E-state index is 12.9. The first-order chi connectivity index (χ1) is 12.7. The van der Waals surface area contributed by atoms with Gasteiger partial charge in [-0.15, -0.1) is 0 Å². The molecule has 3 heterocycles. The van der Waals surface area contributed by atoms with Gasteiger partial charge in [0.1, 0.15) is 0 Å². The quantitative estimate of drug-likeness (QED) is 0.722. The van der Waals surface area contributed by atoms with E-state index in [1.165, 1.54) is 0 Å². The summed E-state index contributed by atoms with van der Waals surface area (Å²) >= 11 is 0. The van der Waals surface area contributed by atoms with Crippen LogP contribution in [0.15, 0.2) is 18.2 Å². The number of rotatable bonds is 4. The second kappa shape index (κ2) is 7.34. The van der Waals surface area contributed by atoms with Gasteiger partial charge in [0.2, 0.25) is 5.91 Å². The number of nitrogens with zero attached hydrogens (tertiary/aromatic N) is 1. The highest BCUT2D eigenvalue weighted by Gasteiger charge is 2.49. The van der Waals surface area contributed by atoms with Crippen molar-refractivity contribution in [3.63, 3.8) is 0 Å². The molecule has 0 saturated carbocycles. The van der Waals surface area contributed by atoms with Crippen molar-refractivity contribution in [3.8, 4) is 0 Å². The Morgan fingerprint density at radius 3 is 2.77 bits per heavy atom. The number of hydrogen-bond acceptors (Lipinski definition) is 5. The standard InChI is InChI=1S/C19H26N4O3/c24-17(21-8-9-23-10-12-26-13-11-23)14-2-1-3-15-16(14)19(18(25)22-15)4-6-20-7-5-19/h1-3,20H,4-13H2,(H,21,24)(H,22,25). The van der Waals surface area contributed by atoms with Gasteiger partial charge < -0.3 is 20.7 Å². The summed E-state index contributed by atoms with van der Waals surface area (Å²) in [5, 5.41) is 9.34. The van der Waals surface area contributed by atoms with Gasteiger partial charge >= 0.3 is 0 Å². The van der Waals surface area contributed by atoms with E-state index in [-0.39, 0.29) is 11.8 Å². The topological polar surface area (TPSA) is 82.7 Å². The molecule has 0 aromatic heterocycles. The molecule has 0 unspecified atom stereocenters. The molecule has 0 radical (unpaired) electrons. The highest BCUT2D eigenvalue weighted by Crippen LogP contribution is 2.45. The molecule has 0 bridgehead atoms. The molecule has 4 rings (SSSR count). The van der Waals surface area contributed by atoms with Gasteiger partial charge in [0.05, 0.1) is 18.6 Å². The summed E-state index contributed by atoms with van der Waals surface area (Å²) in [5.41, 5.74) is 1.73. The molecule has 7 heteroatoms. The van der Waals surface area contributed by atoms with Gasteiger partial charge in [-0.25, -0.2) is 0 Å². The van der Waals surface area contributed by atoms with Crippen LogP contribution in [0.5, 0.6) is 0 Å². The Labute approximate surface area is 153 Å². The van der Waals surface area contributed by atoms with E-state index < -0.39 is 5.41 Å². The number of carbonyl (C=O) groups is 2. The van der Waals surface area contributed by atoms with Crippen molar-refractivity contribution in [3.05, 3.63) is 29.3 Å². The molecule has 0 atom stereocenters. The van der Waals surface area contributed by atoms with Crippen LogP contribution >= 0.6 is 0 Å². The van der Waals surface area contributed by atoms with Crippen molar-refractivity contribution in [1.29, 1.82) is 0 Å². The van der Waals surface area contributed by atoms with Crippen molar-refractivity contribution < 1.29 is 14.3 Å². The van der Waals surface area contributed by atoms with E-state index >= 15 is 0 Å². The van der Waals surface area contributed by atoms with E-state index in [0.717, 1.165) is 70.0 Å². The van der Waals surface area contributed by atoms with Gasteiger partial charge in [0, 0.05) is 43.0 Å². The number of carbonyl (C=O) groups excluding carboxylic acids is 2. The fraction of sp³-hybridized carbons (Fsp3) is 0.579.